The summed E-state index contributed by atoms with van der Waals surface area (Å²) in [5.41, 5.74) is 0.680. The molecule has 0 heterocycles. The van der Waals surface area contributed by atoms with Gasteiger partial charge in [-0.2, -0.15) is 0 Å². The summed E-state index contributed by atoms with van der Waals surface area (Å²) in [4.78, 5) is 0. The Morgan fingerprint density at radius 1 is 1.14 bits per heavy atom. The van der Waals surface area contributed by atoms with Crippen LogP contribution in [-0.4, -0.2) is 49.4 Å². The Hall–Kier alpha value is -0.660. The van der Waals surface area contributed by atoms with Gasteiger partial charge in [0.2, 0.25) is 0 Å². The fourth-order valence-electron chi connectivity index (χ4n) is 1.77. The Labute approximate surface area is 134 Å². The standard InChI is InChI=1S/C15H23BrO5/c1-10(7-19-3)20-8-13(18)9-21-15-6-12(16)4-5-14(15)11(2)17/h4-6,10-11,13,17-18H,7-9H2,1-3H3. The topological polar surface area (TPSA) is 68.2 Å². The molecule has 0 aliphatic carbocycles. The lowest BCUT2D eigenvalue weighted by atomic mass is 10.1. The van der Waals surface area contributed by atoms with Crippen molar-refractivity contribution in [2.75, 3.05) is 26.9 Å². The molecule has 0 radical (unpaired) electrons. The zero-order valence-electron chi connectivity index (χ0n) is 12.6. The van der Waals surface area contributed by atoms with Gasteiger partial charge in [0.05, 0.1) is 25.4 Å². The van der Waals surface area contributed by atoms with Crippen LogP contribution in [0.25, 0.3) is 0 Å². The predicted molar refractivity (Wildman–Crippen MR) is 83.6 cm³/mol. The maximum absolute atomic E-state index is 9.86. The summed E-state index contributed by atoms with van der Waals surface area (Å²) in [6.07, 6.45) is -1.46. The molecule has 0 spiro atoms. The lowest BCUT2D eigenvalue weighted by molar-refractivity contribution is -0.0425. The van der Waals surface area contributed by atoms with Gasteiger partial charge in [0.25, 0.3) is 0 Å². The number of aliphatic hydroxyl groups excluding tert-OH is 2. The summed E-state index contributed by atoms with van der Waals surface area (Å²) in [7, 11) is 1.60. The van der Waals surface area contributed by atoms with Crippen molar-refractivity contribution in [3.8, 4) is 5.75 Å². The molecule has 3 atom stereocenters. The van der Waals surface area contributed by atoms with Crippen molar-refractivity contribution < 1.29 is 24.4 Å². The fraction of sp³-hybridized carbons (Fsp3) is 0.600. The largest absolute Gasteiger partial charge is 0.490 e. The minimum absolute atomic E-state index is 0.0801. The number of rotatable bonds is 9. The molecule has 1 aromatic rings. The average molecular weight is 363 g/mol. The second kappa shape index (κ2) is 9.38. The van der Waals surface area contributed by atoms with Crippen molar-refractivity contribution >= 4 is 15.9 Å². The molecule has 3 unspecified atom stereocenters. The van der Waals surface area contributed by atoms with Crippen LogP contribution in [0.3, 0.4) is 0 Å². The number of benzene rings is 1. The van der Waals surface area contributed by atoms with Gasteiger partial charge < -0.3 is 24.4 Å². The molecule has 6 heteroatoms. The van der Waals surface area contributed by atoms with Gasteiger partial charge in [-0.3, -0.25) is 0 Å². The van der Waals surface area contributed by atoms with Crippen molar-refractivity contribution in [3.05, 3.63) is 28.2 Å². The minimum Gasteiger partial charge on any atom is -0.490 e. The van der Waals surface area contributed by atoms with E-state index in [0.29, 0.717) is 17.9 Å². The molecule has 0 bridgehead atoms. The van der Waals surface area contributed by atoms with E-state index >= 15 is 0 Å². The van der Waals surface area contributed by atoms with E-state index < -0.39 is 12.2 Å². The summed E-state index contributed by atoms with van der Waals surface area (Å²) in [5.74, 6) is 0.545. The smallest absolute Gasteiger partial charge is 0.126 e. The zero-order valence-corrected chi connectivity index (χ0v) is 14.2. The summed E-state index contributed by atoms with van der Waals surface area (Å²) in [6, 6.07) is 5.39. The van der Waals surface area contributed by atoms with Crippen LogP contribution in [-0.2, 0) is 9.47 Å². The Balaban J connectivity index is 2.49. The van der Waals surface area contributed by atoms with Crippen molar-refractivity contribution in [2.24, 2.45) is 0 Å². The molecule has 1 rings (SSSR count). The highest BCUT2D eigenvalue weighted by Gasteiger charge is 2.13. The molecule has 0 aliphatic rings. The van der Waals surface area contributed by atoms with Crippen molar-refractivity contribution in [1.29, 1.82) is 0 Å². The summed E-state index contributed by atoms with van der Waals surface area (Å²) < 4.78 is 16.8. The highest BCUT2D eigenvalue weighted by atomic mass is 79.9. The first-order valence-corrected chi connectivity index (χ1v) is 7.62. The normalized spacial score (nSPS) is 15.5. The quantitative estimate of drug-likeness (QED) is 0.705. The Bertz CT molecular complexity index is 425. The van der Waals surface area contributed by atoms with E-state index in [1.165, 1.54) is 0 Å². The molecular formula is C15H23BrO5. The van der Waals surface area contributed by atoms with Crippen molar-refractivity contribution in [3.63, 3.8) is 0 Å². The van der Waals surface area contributed by atoms with Gasteiger partial charge in [0.15, 0.2) is 0 Å². The third-order valence-corrected chi connectivity index (χ3v) is 3.32. The Morgan fingerprint density at radius 3 is 2.48 bits per heavy atom. The molecule has 5 nitrogen and oxygen atoms in total. The van der Waals surface area contributed by atoms with E-state index in [1.807, 2.05) is 13.0 Å². The molecule has 0 aromatic heterocycles. The van der Waals surface area contributed by atoms with Crippen LogP contribution < -0.4 is 4.74 Å². The molecule has 0 saturated carbocycles. The van der Waals surface area contributed by atoms with Gasteiger partial charge in [-0.1, -0.05) is 22.0 Å². The van der Waals surface area contributed by atoms with E-state index in [2.05, 4.69) is 15.9 Å². The predicted octanol–water partition coefficient (Wildman–Crippen LogP) is 2.29. The Kier molecular flexibility index (Phi) is 8.21. The lowest BCUT2D eigenvalue weighted by Gasteiger charge is -2.18. The van der Waals surface area contributed by atoms with Gasteiger partial charge in [0, 0.05) is 17.1 Å². The number of aliphatic hydroxyl groups is 2. The average Bonchev–Trinajstić information content (AvgIpc) is 2.43. The maximum Gasteiger partial charge on any atom is 0.126 e. The fourth-order valence-corrected chi connectivity index (χ4v) is 2.11. The van der Waals surface area contributed by atoms with Crippen LogP contribution in [0.4, 0.5) is 0 Å². The van der Waals surface area contributed by atoms with E-state index in [0.717, 1.165) is 4.47 Å². The number of methoxy groups -OCH3 is 1. The van der Waals surface area contributed by atoms with E-state index in [9.17, 15) is 10.2 Å². The highest BCUT2D eigenvalue weighted by Crippen LogP contribution is 2.28. The first-order valence-electron chi connectivity index (χ1n) is 6.83. The zero-order chi connectivity index (χ0) is 15.8. The van der Waals surface area contributed by atoms with Gasteiger partial charge in [-0.15, -0.1) is 0 Å². The van der Waals surface area contributed by atoms with Crippen molar-refractivity contribution in [1.82, 2.24) is 0 Å². The van der Waals surface area contributed by atoms with Crippen LogP contribution in [0, 0.1) is 0 Å². The van der Waals surface area contributed by atoms with E-state index in [4.69, 9.17) is 14.2 Å². The Morgan fingerprint density at radius 2 is 1.86 bits per heavy atom. The van der Waals surface area contributed by atoms with Gasteiger partial charge >= 0.3 is 0 Å². The van der Waals surface area contributed by atoms with Crippen LogP contribution in [0.1, 0.15) is 25.5 Å². The number of halogens is 1. The van der Waals surface area contributed by atoms with Gasteiger partial charge in [0.1, 0.15) is 18.5 Å². The second-order valence-corrected chi connectivity index (χ2v) is 5.84. The van der Waals surface area contributed by atoms with E-state index in [1.54, 1.807) is 26.2 Å². The minimum atomic E-state index is -0.745. The van der Waals surface area contributed by atoms with Gasteiger partial charge in [-0.25, -0.2) is 0 Å². The molecule has 0 fully saturated rings. The molecule has 2 N–H and O–H groups in total. The number of hydrogen-bond acceptors (Lipinski definition) is 5. The molecule has 21 heavy (non-hydrogen) atoms. The van der Waals surface area contributed by atoms with Crippen LogP contribution in [0.5, 0.6) is 5.75 Å². The summed E-state index contributed by atoms with van der Waals surface area (Å²) in [6.45, 7) is 4.28. The third kappa shape index (κ3) is 6.76. The van der Waals surface area contributed by atoms with Crippen LogP contribution >= 0.6 is 15.9 Å². The summed E-state index contributed by atoms with van der Waals surface area (Å²) in [5, 5.41) is 19.6. The number of ether oxygens (including phenoxy) is 3. The monoisotopic (exact) mass is 362 g/mol. The van der Waals surface area contributed by atoms with Crippen molar-refractivity contribution in [2.45, 2.75) is 32.2 Å². The molecular weight excluding hydrogens is 340 g/mol. The van der Waals surface area contributed by atoms with Gasteiger partial charge in [-0.05, 0) is 26.0 Å². The lowest BCUT2D eigenvalue weighted by Crippen LogP contribution is -2.27. The number of hydrogen-bond donors (Lipinski definition) is 2. The third-order valence-electron chi connectivity index (χ3n) is 2.83. The van der Waals surface area contributed by atoms with E-state index in [-0.39, 0.29) is 19.3 Å². The maximum atomic E-state index is 9.86. The molecule has 0 saturated heterocycles. The highest BCUT2D eigenvalue weighted by molar-refractivity contribution is 9.10. The molecule has 0 amide bonds. The first-order chi connectivity index (χ1) is 9.93. The molecule has 1 aromatic carbocycles. The molecule has 120 valence electrons. The van der Waals surface area contributed by atoms with Crippen LogP contribution in [0.2, 0.25) is 0 Å². The molecule has 0 aliphatic heterocycles. The van der Waals surface area contributed by atoms with Crippen LogP contribution in [0.15, 0.2) is 22.7 Å². The first kappa shape index (κ1) is 18.4. The second-order valence-electron chi connectivity index (χ2n) is 4.92. The summed E-state index contributed by atoms with van der Waals surface area (Å²) >= 11 is 3.36. The SMILES string of the molecule is COCC(C)OCC(O)COc1cc(Br)ccc1C(C)O.